The van der Waals surface area contributed by atoms with E-state index in [1.165, 1.54) is 21.8 Å². The Labute approximate surface area is 183 Å². The van der Waals surface area contributed by atoms with Crippen LogP contribution in [0, 0.1) is 13.8 Å². The number of amides is 1. The number of fused-ring (bicyclic) bond motifs is 1. The number of thiazole rings is 1. The molecule has 4 aromatic rings. The van der Waals surface area contributed by atoms with Crippen LogP contribution < -0.4 is 10.1 Å². The molecule has 1 amide bonds. The van der Waals surface area contributed by atoms with Crippen molar-refractivity contribution in [3.05, 3.63) is 59.8 Å². The molecule has 1 N–H and O–H groups in total. The van der Waals surface area contributed by atoms with Crippen molar-refractivity contribution < 1.29 is 9.53 Å². The summed E-state index contributed by atoms with van der Waals surface area (Å²) >= 11 is 3.19. The van der Waals surface area contributed by atoms with Crippen molar-refractivity contribution in [2.45, 2.75) is 25.2 Å². The fraction of sp³-hybridized carbons (Fsp3) is 0.227. The summed E-state index contributed by atoms with van der Waals surface area (Å²) in [6.45, 7) is 3.96. The van der Waals surface area contributed by atoms with Gasteiger partial charge in [0.2, 0.25) is 11.0 Å². The van der Waals surface area contributed by atoms with Crippen molar-refractivity contribution in [2.75, 3.05) is 18.2 Å². The highest BCUT2D eigenvalue weighted by atomic mass is 32.2. The van der Waals surface area contributed by atoms with E-state index >= 15 is 0 Å². The van der Waals surface area contributed by atoms with Crippen LogP contribution >= 0.6 is 23.1 Å². The lowest BCUT2D eigenvalue weighted by molar-refractivity contribution is -0.115. The summed E-state index contributed by atoms with van der Waals surface area (Å²) in [7, 11) is 1.63. The molecule has 6 nitrogen and oxygen atoms in total. The average Bonchev–Trinajstić information content (AvgIpc) is 3.31. The van der Waals surface area contributed by atoms with Gasteiger partial charge in [-0.2, -0.15) is 9.78 Å². The summed E-state index contributed by atoms with van der Waals surface area (Å²) in [5, 5.41) is 8.21. The molecule has 4 rings (SSSR count). The first-order valence-corrected chi connectivity index (χ1v) is 11.3. The predicted molar refractivity (Wildman–Crippen MR) is 123 cm³/mol. The lowest BCUT2D eigenvalue weighted by Crippen LogP contribution is -2.15. The summed E-state index contributed by atoms with van der Waals surface area (Å²) in [6.07, 6.45) is 0.416. The van der Waals surface area contributed by atoms with E-state index < -0.39 is 0 Å². The van der Waals surface area contributed by atoms with Gasteiger partial charge in [0, 0.05) is 29.2 Å². The Balaban J connectivity index is 1.45. The number of hydrogen-bond acceptors (Lipinski definition) is 6. The van der Waals surface area contributed by atoms with Gasteiger partial charge in [0.1, 0.15) is 11.6 Å². The van der Waals surface area contributed by atoms with Crippen LogP contribution in [0.4, 0.5) is 5.82 Å². The van der Waals surface area contributed by atoms with Crippen LogP contribution in [0.3, 0.4) is 0 Å². The van der Waals surface area contributed by atoms with Gasteiger partial charge in [-0.15, -0.1) is 11.8 Å². The smallest absolute Gasteiger partial charge is 0.226 e. The van der Waals surface area contributed by atoms with E-state index in [9.17, 15) is 4.79 Å². The van der Waals surface area contributed by atoms with Crippen LogP contribution in [0.25, 0.3) is 15.3 Å². The zero-order valence-electron chi connectivity index (χ0n) is 17.0. The Morgan fingerprint density at radius 1 is 1.17 bits per heavy atom. The van der Waals surface area contributed by atoms with Gasteiger partial charge in [-0.3, -0.25) is 4.79 Å². The van der Waals surface area contributed by atoms with Gasteiger partial charge in [-0.1, -0.05) is 29.0 Å². The minimum Gasteiger partial charge on any atom is -0.497 e. The summed E-state index contributed by atoms with van der Waals surface area (Å²) < 4.78 is 8.00. The molecule has 0 saturated carbocycles. The van der Waals surface area contributed by atoms with Gasteiger partial charge in [0.15, 0.2) is 0 Å². The molecular formula is C22H22N4O2S2. The molecule has 0 aliphatic rings. The number of hydrogen-bond donors (Lipinski definition) is 1. The van der Waals surface area contributed by atoms with Crippen molar-refractivity contribution in [3.8, 4) is 10.9 Å². The number of carbonyl (C=O) groups excluding carboxylic acids is 1. The third-order valence-electron chi connectivity index (χ3n) is 4.48. The Kier molecular flexibility index (Phi) is 6.06. The zero-order valence-corrected chi connectivity index (χ0v) is 18.6. The number of aryl methyl sites for hydroxylation is 2. The highest BCUT2D eigenvalue weighted by Gasteiger charge is 2.15. The number of nitrogens with zero attached hydrogens (tertiary/aromatic N) is 3. The average molecular weight is 439 g/mol. The molecule has 0 radical (unpaired) electrons. The number of carbonyl (C=O) groups is 1. The van der Waals surface area contributed by atoms with Crippen LogP contribution in [0.5, 0.6) is 5.75 Å². The number of anilines is 1. The molecule has 2 aromatic heterocycles. The highest BCUT2D eigenvalue weighted by molar-refractivity contribution is 7.99. The van der Waals surface area contributed by atoms with Crippen molar-refractivity contribution in [3.63, 3.8) is 0 Å². The summed E-state index contributed by atoms with van der Waals surface area (Å²) in [5.41, 5.74) is 2.89. The topological polar surface area (TPSA) is 69.0 Å². The van der Waals surface area contributed by atoms with Gasteiger partial charge in [0.25, 0.3) is 0 Å². The number of aromatic nitrogens is 3. The van der Waals surface area contributed by atoms with Gasteiger partial charge in [0.05, 0.1) is 23.0 Å². The first-order valence-electron chi connectivity index (χ1n) is 9.53. The zero-order chi connectivity index (χ0) is 21.1. The Morgan fingerprint density at radius 3 is 2.73 bits per heavy atom. The third-order valence-corrected chi connectivity index (χ3v) is 6.51. The maximum Gasteiger partial charge on any atom is 0.226 e. The van der Waals surface area contributed by atoms with E-state index in [2.05, 4.69) is 46.6 Å². The number of benzene rings is 2. The number of nitrogens with one attached hydrogen (secondary N) is 1. The largest absolute Gasteiger partial charge is 0.497 e. The fourth-order valence-corrected chi connectivity index (χ4v) is 4.71. The standard InChI is InChI=1S/C22H22N4O2S2/c1-14-4-7-17(8-5-14)29-11-10-21(27)24-20-12-15(2)25-26(20)22-23-18-13-16(28-3)6-9-19(18)30-22/h4-9,12-13H,10-11H2,1-3H3,(H,24,27). The number of thioether (sulfide) groups is 1. The second-order valence-electron chi connectivity index (χ2n) is 6.87. The molecule has 0 saturated heterocycles. The third kappa shape index (κ3) is 4.66. The van der Waals surface area contributed by atoms with Crippen LogP contribution in [-0.2, 0) is 4.79 Å². The van der Waals surface area contributed by atoms with E-state index in [4.69, 9.17) is 4.74 Å². The number of ether oxygens (including phenoxy) is 1. The van der Waals surface area contributed by atoms with Crippen molar-refractivity contribution in [2.24, 2.45) is 0 Å². The summed E-state index contributed by atoms with van der Waals surface area (Å²) in [6, 6.07) is 16.0. The second-order valence-corrected chi connectivity index (χ2v) is 9.05. The van der Waals surface area contributed by atoms with E-state index in [-0.39, 0.29) is 5.91 Å². The summed E-state index contributed by atoms with van der Waals surface area (Å²) in [4.78, 5) is 18.3. The first-order chi connectivity index (χ1) is 14.5. The maximum absolute atomic E-state index is 12.5. The number of methoxy groups -OCH3 is 1. The van der Waals surface area contributed by atoms with Crippen LogP contribution in [-0.4, -0.2) is 33.5 Å². The van der Waals surface area contributed by atoms with Crippen molar-refractivity contribution in [1.82, 2.24) is 14.8 Å². The van der Waals surface area contributed by atoms with Gasteiger partial charge >= 0.3 is 0 Å². The lowest BCUT2D eigenvalue weighted by atomic mass is 10.2. The SMILES string of the molecule is COc1ccc2sc(-n3nc(C)cc3NC(=O)CCSc3ccc(C)cc3)nc2c1. The summed E-state index contributed by atoms with van der Waals surface area (Å²) in [5.74, 6) is 2.06. The maximum atomic E-state index is 12.5. The molecule has 2 aromatic carbocycles. The van der Waals surface area contributed by atoms with Crippen molar-refractivity contribution in [1.29, 1.82) is 0 Å². The van der Waals surface area contributed by atoms with Crippen LogP contribution in [0.15, 0.2) is 53.4 Å². The highest BCUT2D eigenvalue weighted by Crippen LogP contribution is 2.29. The Bertz CT molecular complexity index is 1180. The monoisotopic (exact) mass is 438 g/mol. The molecular weight excluding hydrogens is 416 g/mol. The van der Waals surface area contributed by atoms with E-state index in [1.807, 2.05) is 31.2 Å². The van der Waals surface area contributed by atoms with Crippen LogP contribution in [0.2, 0.25) is 0 Å². The van der Waals surface area contributed by atoms with Gasteiger partial charge in [-0.05, 0) is 38.1 Å². The minimum absolute atomic E-state index is 0.0430. The molecule has 0 aliphatic carbocycles. The molecule has 154 valence electrons. The quantitative estimate of drug-likeness (QED) is 0.400. The molecule has 8 heteroatoms. The molecule has 2 heterocycles. The fourth-order valence-electron chi connectivity index (χ4n) is 2.95. The normalized spacial score (nSPS) is 11.0. The second kappa shape index (κ2) is 8.89. The Hall–Kier alpha value is -2.84. The van der Waals surface area contributed by atoms with E-state index in [0.29, 0.717) is 23.1 Å². The predicted octanol–water partition coefficient (Wildman–Crippen LogP) is 5.23. The minimum atomic E-state index is -0.0430. The van der Waals surface area contributed by atoms with E-state index in [0.717, 1.165) is 21.7 Å². The first kappa shape index (κ1) is 20.4. The number of rotatable bonds is 7. The van der Waals surface area contributed by atoms with Gasteiger partial charge < -0.3 is 10.1 Å². The molecule has 0 aliphatic heterocycles. The molecule has 0 spiro atoms. The van der Waals surface area contributed by atoms with Gasteiger partial charge in [-0.25, -0.2) is 4.98 Å². The van der Waals surface area contributed by atoms with E-state index in [1.54, 1.807) is 23.6 Å². The lowest BCUT2D eigenvalue weighted by Gasteiger charge is -2.06. The molecule has 0 fully saturated rings. The molecule has 30 heavy (non-hydrogen) atoms. The molecule has 0 atom stereocenters. The molecule has 0 unspecified atom stereocenters. The molecule has 0 bridgehead atoms. The van der Waals surface area contributed by atoms with Crippen molar-refractivity contribution >= 4 is 45.0 Å². The van der Waals surface area contributed by atoms with Crippen LogP contribution in [0.1, 0.15) is 17.7 Å². The Morgan fingerprint density at radius 2 is 1.97 bits per heavy atom.